The number of nitrogens with zero attached hydrogens (tertiary/aromatic N) is 1. The highest BCUT2D eigenvalue weighted by Gasteiger charge is 2.27. The molecule has 3 atom stereocenters. The van der Waals surface area contributed by atoms with E-state index in [1.54, 1.807) is 0 Å². The van der Waals surface area contributed by atoms with Crippen molar-refractivity contribution in [3.8, 4) is 0 Å². The van der Waals surface area contributed by atoms with Gasteiger partial charge in [-0.25, -0.2) is 0 Å². The van der Waals surface area contributed by atoms with Crippen LogP contribution in [0.2, 0.25) is 0 Å². The molecule has 10 heteroatoms. The van der Waals surface area contributed by atoms with Crippen LogP contribution in [-0.2, 0) is 27.9 Å². The van der Waals surface area contributed by atoms with Gasteiger partial charge < -0.3 is 28.5 Å². The van der Waals surface area contributed by atoms with Crippen molar-refractivity contribution in [1.82, 2.24) is 5.32 Å². The van der Waals surface area contributed by atoms with Gasteiger partial charge in [-0.1, -0.05) is 205 Å². The van der Waals surface area contributed by atoms with E-state index in [1.165, 1.54) is 141 Å². The summed E-state index contributed by atoms with van der Waals surface area (Å²) in [5.41, 5.74) is 0. The molecular formula is C56H105N2O7P. The van der Waals surface area contributed by atoms with Crippen LogP contribution in [0, 0.1) is 0 Å². The van der Waals surface area contributed by atoms with Crippen molar-refractivity contribution in [2.24, 2.45) is 0 Å². The van der Waals surface area contributed by atoms with E-state index in [0.717, 1.165) is 64.2 Å². The molecule has 0 heterocycles. The van der Waals surface area contributed by atoms with Crippen LogP contribution < -0.4 is 10.2 Å². The van der Waals surface area contributed by atoms with Gasteiger partial charge in [-0.15, -0.1) is 0 Å². The Hall–Kier alpha value is -2.03. The Morgan fingerprint density at radius 3 is 1.42 bits per heavy atom. The summed E-state index contributed by atoms with van der Waals surface area (Å²) in [5.74, 6) is -0.623. The zero-order valence-electron chi connectivity index (χ0n) is 43.9. The minimum atomic E-state index is -4.70. The van der Waals surface area contributed by atoms with Gasteiger partial charge >= 0.3 is 5.97 Å². The third kappa shape index (κ3) is 47.1. The number of phosphoric acid groups is 1. The molecule has 0 radical (unpaired) electrons. The third-order valence-electron chi connectivity index (χ3n) is 12.0. The van der Waals surface area contributed by atoms with Gasteiger partial charge in [-0.3, -0.25) is 14.2 Å². The Morgan fingerprint density at radius 1 is 0.530 bits per heavy atom. The van der Waals surface area contributed by atoms with Crippen LogP contribution in [-0.4, -0.2) is 69.4 Å². The number of nitrogens with one attached hydrogen (secondary N) is 1. The quantitative estimate of drug-likeness (QED) is 0.0212. The average Bonchev–Trinajstić information content (AvgIpc) is 3.27. The number of unbranched alkanes of at least 4 members (excludes halogenated alkanes) is 27. The molecule has 1 amide bonds. The summed E-state index contributed by atoms with van der Waals surface area (Å²) >= 11 is 0. The molecule has 0 aromatic heterocycles. The molecule has 0 bridgehead atoms. The van der Waals surface area contributed by atoms with Crippen LogP contribution in [0.25, 0.3) is 0 Å². The van der Waals surface area contributed by atoms with E-state index in [9.17, 15) is 19.0 Å². The summed E-state index contributed by atoms with van der Waals surface area (Å²) in [5, 5.41) is 2.97. The topological polar surface area (TPSA) is 114 Å². The Morgan fingerprint density at radius 2 is 0.939 bits per heavy atom. The Bertz CT molecular complexity index is 1280. The molecule has 1 N–H and O–H groups in total. The molecule has 3 unspecified atom stereocenters. The number of rotatable bonds is 49. The SMILES string of the molecule is CCCCCC/C=C\CCCCCCCCCC(=O)OC(/C=C/CCCCCCCCCCCC)C(COP(=O)([O-])OCC[N+](C)(C)C)NC(=O)CC/C=C/C/C=C\CCCCCCCC. The lowest BCUT2D eigenvalue weighted by atomic mass is 10.1. The molecule has 0 aromatic rings. The summed E-state index contributed by atoms with van der Waals surface area (Å²) in [4.78, 5) is 39.7. The van der Waals surface area contributed by atoms with Crippen molar-refractivity contribution in [3.05, 3.63) is 48.6 Å². The van der Waals surface area contributed by atoms with Crippen molar-refractivity contribution >= 4 is 19.7 Å². The zero-order valence-corrected chi connectivity index (χ0v) is 44.8. The first kappa shape index (κ1) is 64.0. The van der Waals surface area contributed by atoms with Gasteiger partial charge in [0.05, 0.1) is 33.8 Å². The van der Waals surface area contributed by atoms with Crippen LogP contribution in [0.3, 0.4) is 0 Å². The molecule has 9 nitrogen and oxygen atoms in total. The smallest absolute Gasteiger partial charge is 0.306 e. The number of phosphoric ester groups is 1. The summed E-state index contributed by atoms with van der Waals surface area (Å²) < 4.78 is 30.1. The van der Waals surface area contributed by atoms with Gasteiger partial charge in [0.15, 0.2) is 0 Å². The molecule has 0 aromatic carbocycles. The lowest BCUT2D eigenvalue weighted by Gasteiger charge is -2.30. The van der Waals surface area contributed by atoms with Gasteiger partial charge in [-0.05, 0) is 76.7 Å². The van der Waals surface area contributed by atoms with E-state index < -0.39 is 26.6 Å². The number of allylic oxidation sites excluding steroid dienone is 7. The van der Waals surface area contributed by atoms with Crippen LogP contribution in [0.5, 0.6) is 0 Å². The summed E-state index contributed by atoms with van der Waals surface area (Å²) in [6.45, 7) is 6.77. The molecule has 0 saturated carbocycles. The fourth-order valence-corrected chi connectivity index (χ4v) is 8.41. The second-order valence-corrected chi connectivity index (χ2v) is 21.1. The lowest BCUT2D eigenvalue weighted by Crippen LogP contribution is -2.47. The van der Waals surface area contributed by atoms with Crippen molar-refractivity contribution in [1.29, 1.82) is 0 Å². The minimum absolute atomic E-state index is 0.0321. The van der Waals surface area contributed by atoms with Gasteiger partial charge in [-0.2, -0.15) is 0 Å². The molecule has 0 saturated heterocycles. The van der Waals surface area contributed by atoms with E-state index in [4.69, 9.17) is 13.8 Å². The molecule has 66 heavy (non-hydrogen) atoms. The second-order valence-electron chi connectivity index (χ2n) is 19.7. The number of likely N-dealkylation sites (N-methyl/N-ethyl adjacent to an activating group) is 1. The first-order valence-corrected chi connectivity index (χ1v) is 28.9. The Labute approximate surface area is 408 Å². The lowest BCUT2D eigenvalue weighted by molar-refractivity contribution is -0.870. The highest BCUT2D eigenvalue weighted by molar-refractivity contribution is 7.45. The first-order valence-electron chi connectivity index (χ1n) is 27.4. The molecule has 0 fully saturated rings. The fourth-order valence-electron chi connectivity index (χ4n) is 7.68. The highest BCUT2D eigenvalue weighted by atomic mass is 31.2. The molecule has 386 valence electrons. The number of carbonyl (C=O) groups excluding carboxylic acids is 2. The number of quaternary nitrogens is 1. The fraction of sp³-hybridized carbons (Fsp3) is 0.821. The Kier molecular flexibility index (Phi) is 45.3. The molecule has 0 rings (SSSR count). The number of hydrogen-bond acceptors (Lipinski definition) is 7. The van der Waals surface area contributed by atoms with Gasteiger partial charge in [0.25, 0.3) is 7.82 Å². The average molecular weight is 949 g/mol. The monoisotopic (exact) mass is 949 g/mol. The summed E-state index contributed by atoms with van der Waals surface area (Å²) in [6, 6.07) is -0.917. The molecular weight excluding hydrogens is 844 g/mol. The van der Waals surface area contributed by atoms with Crippen molar-refractivity contribution in [2.45, 2.75) is 258 Å². The number of esters is 1. The van der Waals surface area contributed by atoms with Crippen LogP contribution in [0.15, 0.2) is 48.6 Å². The summed E-state index contributed by atoms with van der Waals surface area (Å²) in [7, 11) is 1.15. The molecule has 0 aliphatic heterocycles. The van der Waals surface area contributed by atoms with Gasteiger partial charge in [0.1, 0.15) is 19.3 Å². The van der Waals surface area contributed by atoms with Crippen LogP contribution in [0.4, 0.5) is 0 Å². The third-order valence-corrected chi connectivity index (χ3v) is 13.0. The Balaban J connectivity index is 5.46. The number of carbonyl (C=O) groups is 2. The predicted molar refractivity (Wildman–Crippen MR) is 279 cm³/mol. The second kappa shape index (κ2) is 46.7. The normalized spacial score (nSPS) is 14.2. The van der Waals surface area contributed by atoms with Crippen molar-refractivity contribution in [2.75, 3.05) is 40.9 Å². The van der Waals surface area contributed by atoms with E-state index >= 15 is 0 Å². The number of hydrogen-bond donors (Lipinski definition) is 1. The number of ether oxygens (including phenoxy) is 1. The molecule has 0 spiro atoms. The molecule has 0 aliphatic carbocycles. The van der Waals surface area contributed by atoms with E-state index in [1.807, 2.05) is 39.4 Å². The van der Waals surface area contributed by atoms with E-state index in [0.29, 0.717) is 17.4 Å². The maximum atomic E-state index is 13.4. The van der Waals surface area contributed by atoms with Crippen molar-refractivity contribution < 1.29 is 37.3 Å². The number of amides is 1. The van der Waals surface area contributed by atoms with E-state index in [2.05, 4.69) is 56.5 Å². The first-order chi connectivity index (χ1) is 31.9. The van der Waals surface area contributed by atoms with Crippen LogP contribution in [0.1, 0.15) is 245 Å². The van der Waals surface area contributed by atoms with Gasteiger partial charge in [0.2, 0.25) is 5.91 Å². The zero-order chi connectivity index (χ0) is 48.7. The van der Waals surface area contributed by atoms with E-state index in [-0.39, 0.29) is 31.3 Å². The summed E-state index contributed by atoms with van der Waals surface area (Å²) in [6.07, 6.45) is 55.2. The maximum Gasteiger partial charge on any atom is 0.306 e. The predicted octanol–water partition coefficient (Wildman–Crippen LogP) is 15.5. The van der Waals surface area contributed by atoms with Crippen LogP contribution >= 0.6 is 7.82 Å². The maximum absolute atomic E-state index is 13.4. The minimum Gasteiger partial charge on any atom is -0.756 e. The standard InChI is InChI=1S/C56H105N2O7P/c1-7-10-13-16-19-22-25-28-29-31-34-37-40-43-46-49-56(60)65-54(47-44-41-38-35-32-27-24-21-18-15-12-9-3)53(52-64-66(61,62)63-51-50-58(4,5)6)57-55(59)48-45-42-39-36-33-30-26-23-20-17-14-11-8-2/h22,25,30,33,39,42,44,47,53-54H,7-21,23-24,26-29,31-32,34-38,40-41,43,45-46,48-52H2,1-6H3,(H-,57,59,61,62)/b25-22-,33-30-,42-39+,47-44+. The van der Waals surface area contributed by atoms with Gasteiger partial charge in [0, 0.05) is 12.8 Å². The molecule has 0 aliphatic rings. The van der Waals surface area contributed by atoms with Crippen molar-refractivity contribution in [3.63, 3.8) is 0 Å². The highest BCUT2D eigenvalue weighted by Crippen LogP contribution is 2.38. The largest absolute Gasteiger partial charge is 0.756 e.